The number of amides is 1. The minimum Gasteiger partial charge on any atom is -0.378 e. The van der Waals surface area contributed by atoms with Gasteiger partial charge < -0.3 is 10.1 Å². The zero-order valence-electron chi connectivity index (χ0n) is 14.6. The average molecular weight is 342 g/mol. The van der Waals surface area contributed by atoms with Crippen LogP contribution in [0.3, 0.4) is 0 Å². The smallest absolute Gasteiger partial charge is 0.251 e. The molecular weight excluding hydrogens is 316 g/mol. The quantitative estimate of drug-likeness (QED) is 0.749. The van der Waals surface area contributed by atoms with E-state index in [1.54, 1.807) is 11.0 Å². The molecule has 0 bridgehead atoms. The number of ether oxygens (including phenoxy) is 1. The first-order valence-corrected chi connectivity index (χ1v) is 9.12. The highest BCUT2D eigenvalue weighted by Crippen LogP contribution is 2.20. The van der Waals surface area contributed by atoms with Gasteiger partial charge in [0.2, 0.25) is 0 Å². The van der Waals surface area contributed by atoms with Crippen LogP contribution in [0.5, 0.6) is 0 Å². The lowest BCUT2D eigenvalue weighted by Gasteiger charge is -2.21. The summed E-state index contributed by atoms with van der Waals surface area (Å²) >= 11 is 0. The third-order valence-corrected chi connectivity index (χ3v) is 4.54. The second-order valence-electron chi connectivity index (χ2n) is 6.53. The monoisotopic (exact) mass is 342 g/mol. The van der Waals surface area contributed by atoms with E-state index in [2.05, 4.69) is 15.4 Å². The molecule has 1 N–H and O–H groups in total. The summed E-state index contributed by atoms with van der Waals surface area (Å²) in [7, 11) is 0. The summed E-state index contributed by atoms with van der Waals surface area (Å²) in [5, 5.41) is 7.03. The Balaban J connectivity index is 1.34. The van der Waals surface area contributed by atoms with Crippen molar-refractivity contribution in [3.63, 3.8) is 0 Å². The predicted octanol–water partition coefficient (Wildman–Crippen LogP) is 2.80. The van der Waals surface area contributed by atoms with Gasteiger partial charge in [0.1, 0.15) is 12.7 Å². The van der Waals surface area contributed by atoms with Gasteiger partial charge in [0, 0.05) is 18.7 Å². The van der Waals surface area contributed by atoms with E-state index in [9.17, 15) is 4.79 Å². The molecule has 1 fully saturated rings. The van der Waals surface area contributed by atoms with Crippen LogP contribution in [0.15, 0.2) is 36.9 Å². The summed E-state index contributed by atoms with van der Waals surface area (Å²) in [5.41, 5.74) is 1.76. The van der Waals surface area contributed by atoms with E-state index >= 15 is 0 Å². The normalized spacial score (nSPS) is 15.2. The minimum atomic E-state index is -0.0371. The summed E-state index contributed by atoms with van der Waals surface area (Å²) in [6.07, 6.45) is 10.8. The molecule has 3 rings (SSSR count). The summed E-state index contributed by atoms with van der Waals surface area (Å²) in [6, 6.07) is 7.59. The Morgan fingerprint density at radius 1 is 1.20 bits per heavy atom. The van der Waals surface area contributed by atoms with Gasteiger partial charge in [0.25, 0.3) is 5.91 Å². The second kappa shape index (κ2) is 9.32. The number of hydrogen-bond acceptors (Lipinski definition) is 4. The van der Waals surface area contributed by atoms with Crippen molar-refractivity contribution in [3.05, 3.63) is 48.0 Å². The largest absolute Gasteiger partial charge is 0.378 e. The van der Waals surface area contributed by atoms with Crippen LogP contribution in [0, 0.1) is 0 Å². The summed E-state index contributed by atoms with van der Waals surface area (Å²) in [4.78, 5) is 16.1. The zero-order valence-corrected chi connectivity index (χ0v) is 14.6. The molecule has 1 heterocycles. The molecule has 1 aliphatic rings. The van der Waals surface area contributed by atoms with Crippen LogP contribution in [0.1, 0.15) is 54.4 Å². The Morgan fingerprint density at radius 3 is 2.72 bits per heavy atom. The van der Waals surface area contributed by atoms with Gasteiger partial charge in [-0.15, -0.1) is 0 Å². The Kier molecular flexibility index (Phi) is 6.56. The Morgan fingerprint density at radius 2 is 2.00 bits per heavy atom. The van der Waals surface area contributed by atoms with E-state index in [4.69, 9.17) is 4.74 Å². The maximum Gasteiger partial charge on any atom is 0.251 e. The van der Waals surface area contributed by atoms with Crippen molar-refractivity contribution in [3.8, 4) is 0 Å². The first-order valence-electron chi connectivity index (χ1n) is 9.12. The van der Waals surface area contributed by atoms with Gasteiger partial charge >= 0.3 is 0 Å². The highest BCUT2D eigenvalue weighted by Gasteiger charge is 2.13. The molecule has 2 aromatic rings. The van der Waals surface area contributed by atoms with Gasteiger partial charge in [0.15, 0.2) is 0 Å². The Labute approximate surface area is 148 Å². The molecule has 134 valence electrons. The van der Waals surface area contributed by atoms with Crippen molar-refractivity contribution in [1.29, 1.82) is 0 Å². The lowest BCUT2D eigenvalue weighted by atomic mass is 9.98. The number of nitrogens with zero attached hydrogens (tertiary/aromatic N) is 3. The third-order valence-electron chi connectivity index (χ3n) is 4.54. The number of benzene rings is 1. The first-order chi connectivity index (χ1) is 12.3. The number of rotatable bonds is 8. The van der Waals surface area contributed by atoms with Gasteiger partial charge in [0.05, 0.1) is 12.6 Å². The molecule has 1 aromatic carbocycles. The van der Waals surface area contributed by atoms with Crippen LogP contribution in [0.25, 0.3) is 0 Å². The predicted molar refractivity (Wildman–Crippen MR) is 95.3 cm³/mol. The molecule has 0 saturated heterocycles. The molecule has 0 atom stereocenters. The number of hydrogen-bond donors (Lipinski definition) is 1. The van der Waals surface area contributed by atoms with E-state index in [0.29, 0.717) is 24.8 Å². The van der Waals surface area contributed by atoms with Gasteiger partial charge in [-0.2, -0.15) is 5.10 Å². The van der Waals surface area contributed by atoms with Crippen molar-refractivity contribution in [2.75, 3.05) is 13.2 Å². The topological polar surface area (TPSA) is 69.0 Å². The Hall–Kier alpha value is -2.21. The molecule has 0 spiro atoms. The lowest BCUT2D eigenvalue weighted by Crippen LogP contribution is -2.26. The van der Waals surface area contributed by atoms with Crippen molar-refractivity contribution >= 4 is 5.91 Å². The maximum absolute atomic E-state index is 12.2. The van der Waals surface area contributed by atoms with Crippen LogP contribution < -0.4 is 5.32 Å². The molecule has 1 aromatic heterocycles. The third kappa shape index (κ3) is 5.67. The van der Waals surface area contributed by atoms with Crippen LogP contribution in [-0.2, 0) is 11.3 Å². The molecular formula is C19H26N4O2. The van der Waals surface area contributed by atoms with Crippen molar-refractivity contribution < 1.29 is 9.53 Å². The van der Waals surface area contributed by atoms with Crippen molar-refractivity contribution in [2.24, 2.45) is 0 Å². The number of carbonyl (C=O) groups excluding carboxylic acids is 1. The molecule has 25 heavy (non-hydrogen) atoms. The fourth-order valence-electron chi connectivity index (χ4n) is 3.12. The molecule has 1 amide bonds. The van der Waals surface area contributed by atoms with E-state index in [1.807, 2.05) is 24.3 Å². The molecule has 6 nitrogen and oxygen atoms in total. The molecule has 0 unspecified atom stereocenters. The van der Waals surface area contributed by atoms with E-state index in [1.165, 1.54) is 38.4 Å². The lowest BCUT2D eigenvalue weighted by molar-refractivity contribution is 0.0273. The van der Waals surface area contributed by atoms with Gasteiger partial charge in [-0.1, -0.05) is 31.4 Å². The van der Waals surface area contributed by atoms with Gasteiger partial charge in [-0.05, 0) is 37.0 Å². The van der Waals surface area contributed by atoms with E-state index in [-0.39, 0.29) is 5.91 Å². The summed E-state index contributed by atoms with van der Waals surface area (Å²) in [5.74, 6) is -0.0371. The summed E-state index contributed by atoms with van der Waals surface area (Å²) in [6.45, 7) is 2.02. The van der Waals surface area contributed by atoms with Crippen LogP contribution in [0.2, 0.25) is 0 Å². The molecule has 6 heteroatoms. The number of aromatic nitrogens is 3. The molecule has 0 aliphatic heterocycles. The fraction of sp³-hybridized carbons (Fsp3) is 0.526. The molecule has 1 aliphatic carbocycles. The zero-order chi connectivity index (χ0) is 17.3. The Bertz CT molecular complexity index is 634. The van der Waals surface area contributed by atoms with Crippen molar-refractivity contribution in [2.45, 2.75) is 51.2 Å². The SMILES string of the molecule is O=C(NCCCOC1CCCCC1)c1ccc(Cn2cncn2)cc1. The number of carbonyl (C=O) groups is 1. The van der Waals surface area contributed by atoms with Gasteiger partial charge in [-0.3, -0.25) is 4.79 Å². The minimum absolute atomic E-state index is 0.0371. The second-order valence-corrected chi connectivity index (χ2v) is 6.53. The molecule has 0 radical (unpaired) electrons. The maximum atomic E-state index is 12.2. The first kappa shape index (κ1) is 17.6. The van der Waals surface area contributed by atoms with Crippen LogP contribution in [0.4, 0.5) is 0 Å². The standard InChI is InChI=1S/C19H26N4O2/c24-19(21-11-4-12-25-18-5-2-1-3-6-18)17-9-7-16(8-10-17)13-23-15-20-14-22-23/h7-10,14-15,18H,1-6,11-13H2,(H,21,24). The highest BCUT2D eigenvalue weighted by atomic mass is 16.5. The fourth-order valence-corrected chi connectivity index (χ4v) is 3.12. The average Bonchev–Trinajstić information content (AvgIpc) is 3.16. The van der Waals surface area contributed by atoms with Crippen LogP contribution >= 0.6 is 0 Å². The van der Waals surface area contributed by atoms with Gasteiger partial charge in [-0.25, -0.2) is 9.67 Å². The van der Waals surface area contributed by atoms with Crippen LogP contribution in [-0.4, -0.2) is 39.9 Å². The number of nitrogens with one attached hydrogen (secondary N) is 1. The summed E-state index contributed by atoms with van der Waals surface area (Å²) < 4.78 is 7.62. The molecule has 1 saturated carbocycles. The highest BCUT2D eigenvalue weighted by molar-refractivity contribution is 5.94. The van der Waals surface area contributed by atoms with Crippen molar-refractivity contribution in [1.82, 2.24) is 20.1 Å². The van der Waals surface area contributed by atoms with E-state index in [0.717, 1.165) is 18.6 Å². The van der Waals surface area contributed by atoms with E-state index < -0.39 is 0 Å².